The van der Waals surface area contributed by atoms with Crippen LogP contribution in [0.15, 0.2) is 66.0 Å². The number of carbonyl (C=O) groups is 2. The number of benzene rings is 2. The van der Waals surface area contributed by atoms with Crippen molar-refractivity contribution in [2.24, 2.45) is 0 Å². The number of ether oxygens (including phenoxy) is 1. The third-order valence-corrected chi connectivity index (χ3v) is 5.25. The molecule has 1 aliphatic carbocycles. The molecule has 2 aliphatic rings. The number of phenols is 1. The molecule has 1 unspecified atom stereocenters. The van der Waals surface area contributed by atoms with Crippen LogP contribution < -0.4 is 10.1 Å². The highest BCUT2D eigenvalue weighted by Gasteiger charge is 2.37. The van der Waals surface area contributed by atoms with Gasteiger partial charge in [0.15, 0.2) is 0 Å². The Labute approximate surface area is 188 Å². The number of halogens is 3. The summed E-state index contributed by atoms with van der Waals surface area (Å²) in [6, 6.07) is 8.05. The molecule has 4 N–H and O–H groups in total. The molecule has 0 aromatic heterocycles. The number of aromatic carboxylic acids is 1. The minimum Gasteiger partial charge on any atom is -0.508 e. The molecule has 2 aromatic carbocycles. The van der Waals surface area contributed by atoms with Crippen molar-refractivity contribution in [2.45, 2.75) is 10.9 Å². The fraction of sp³-hybridized carbons (Fsp3) is 0.0909. The van der Waals surface area contributed by atoms with Gasteiger partial charge in [0.25, 0.3) is 0 Å². The van der Waals surface area contributed by atoms with Gasteiger partial charge in [-0.3, -0.25) is 4.79 Å². The first kappa shape index (κ1) is 21.6. The molecule has 1 atom stereocenters. The van der Waals surface area contributed by atoms with Crippen molar-refractivity contribution in [3.63, 3.8) is 0 Å². The average molecular weight is 506 g/mol. The first-order valence-corrected chi connectivity index (χ1v) is 9.93. The number of carbonyl (C=O) groups excluding carboxylic acids is 1. The molecule has 1 amide bonds. The van der Waals surface area contributed by atoms with Crippen LogP contribution in [0.1, 0.15) is 21.5 Å². The third-order valence-electron chi connectivity index (χ3n) is 4.89. The quantitative estimate of drug-likeness (QED) is 0.451. The molecule has 0 spiro atoms. The van der Waals surface area contributed by atoms with E-state index in [2.05, 4.69) is 5.32 Å². The van der Waals surface area contributed by atoms with Gasteiger partial charge in [0, 0.05) is 56.0 Å². The minimum absolute atomic E-state index is 0.0280. The maximum Gasteiger partial charge on any atom is 0.378 e. The topological polar surface area (TPSA) is 116 Å². The summed E-state index contributed by atoms with van der Waals surface area (Å²) >= 11 is 2.00. The Morgan fingerprint density at radius 3 is 2.56 bits per heavy atom. The van der Waals surface area contributed by atoms with Crippen LogP contribution in [0.4, 0.5) is 14.5 Å². The van der Waals surface area contributed by atoms with Crippen molar-refractivity contribution >= 4 is 39.1 Å². The summed E-state index contributed by atoms with van der Waals surface area (Å²) in [4.78, 5) is 20.1. The number of aliphatic hydroxyl groups is 1. The first-order chi connectivity index (χ1) is 15.1. The number of nitrogens with one attached hydrogen (secondary N) is 1. The SMILES string of the molecule is O=C(O)c1cccc(NC(=O)C(F)(F)Br)c1C1=C2C=CC(O)=CC2Oc2cc(O)ccc21. The van der Waals surface area contributed by atoms with Crippen molar-refractivity contribution in [1.29, 1.82) is 0 Å². The second kappa shape index (κ2) is 7.79. The molecular weight excluding hydrogens is 492 g/mol. The summed E-state index contributed by atoms with van der Waals surface area (Å²) in [6.45, 7) is 0. The lowest BCUT2D eigenvalue weighted by atomic mass is 9.83. The van der Waals surface area contributed by atoms with Crippen molar-refractivity contribution in [2.75, 3.05) is 5.32 Å². The number of fused-ring (bicyclic) bond motifs is 2. The normalized spacial score (nSPS) is 17.1. The second-order valence-electron chi connectivity index (χ2n) is 6.96. The average Bonchev–Trinajstić information content (AvgIpc) is 2.71. The number of anilines is 1. The zero-order valence-corrected chi connectivity index (χ0v) is 17.6. The summed E-state index contributed by atoms with van der Waals surface area (Å²) in [5, 5.41) is 31.7. The number of hydrogen-bond acceptors (Lipinski definition) is 5. The Bertz CT molecular complexity index is 1250. The van der Waals surface area contributed by atoms with Crippen molar-refractivity contribution in [1.82, 2.24) is 0 Å². The van der Waals surface area contributed by atoms with E-state index in [0.717, 1.165) is 0 Å². The van der Waals surface area contributed by atoms with E-state index in [1.165, 1.54) is 54.6 Å². The number of aliphatic hydroxyl groups excluding tert-OH is 1. The Kier molecular flexibility index (Phi) is 5.25. The van der Waals surface area contributed by atoms with Gasteiger partial charge in [-0.15, -0.1) is 0 Å². The molecule has 164 valence electrons. The van der Waals surface area contributed by atoms with Gasteiger partial charge in [-0.05, 0) is 30.3 Å². The number of carboxylic acids is 1. The molecule has 4 rings (SSSR count). The van der Waals surface area contributed by atoms with Gasteiger partial charge >= 0.3 is 16.7 Å². The molecule has 1 aliphatic heterocycles. The Morgan fingerprint density at radius 2 is 1.88 bits per heavy atom. The summed E-state index contributed by atoms with van der Waals surface area (Å²) in [5.74, 6) is -3.07. The van der Waals surface area contributed by atoms with Crippen molar-refractivity contribution < 1.29 is 38.4 Å². The van der Waals surface area contributed by atoms with Crippen molar-refractivity contribution in [3.8, 4) is 11.5 Å². The lowest BCUT2D eigenvalue weighted by Gasteiger charge is -2.31. The predicted octanol–water partition coefficient (Wildman–Crippen LogP) is 4.59. The molecule has 0 radical (unpaired) electrons. The largest absolute Gasteiger partial charge is 0.508 e. The smallest absolute Gasteiger partial charge is 0.378 e. The molecule has 0 fully saturated rings. The number of allylic oxidation sites excluding steroid dienone is 1. The lowest BCUT2D eigenvalue weighted by Crippen LogP contribution is -2.30. The van der Waals surface area contributed by atoms with E-state index < -0.39 is 22.8 Å². The van der Waals surface area contributed by atoms with Gasteiger partial charge < -0.3 is 25.4 Å². The van der Waals surface area contributed by atoms with E-state index in [1.54, 1.807) is 0 Å². The van der Waals surface area contributed by atoms with E-state index in [-0.39, 0.29) is 39.6 Å². The summed E-state index contributed by atoms with van der Waals surface area (Å²) in [5.41, 5.74) is 0.625. The van der Waals surface area contributed by atoms with E-state index >= 15 is 0 Å². The predicted molar refractivity (Wildman–Crippen MR) is 114 cm³/mol. The Morgan fingerprint density at radius 1 is 1.12 bits per heavy atom. The van der Waals surface area contributed by atoms with Crippen LogP contribution in [0, 0.1) is 0 Å². The third kappa shape index (κ3) is 3.84. The van der Waals surface area contributed by atoms with Crippen LogP contribution in [0.25, 0.3) is 5.57 Å². The highest BCUT2D eigenvalue weighted by atomic mass is 79.9. The van der Waals surface area contributed by atoms with Crippen LogP contribution in [-0.4, -0.2) is 38.1 Å². The maximum absolute atomic E-state index is 13.5. The number of aromatic hydroxyl groups is 1. The van der Waals surface area contributed by atoms with E-state index in [4.69, 9.17) is 4.74 Å². The zero-order chi connectivity index (χ0) is 23.2. The van der Waals surface area contributed by atoms with Gasteiger partial charge in [0.05, 0.1) is 5.56 Å². The molecule has 32 heavy (non-hydrogen) atoms. The van der Waals surface area contributed by atoms with E-state index in [1.807, 2.05) is 15.9 Å². The summed E-state index contributed by atoms with van der Waals surface area (Å²) in [7, 11) is 0. The monoisotopic (exact) mass is 505 g/mol. The van der Waals surface area contributed by atoms with Crippen LogP contribution in [0.3, 0.4) is 0 Å². The van der Waals surface area contributed by atoms with Gasteiger partial charge in [0.2, 0.25) is 0 Å². The molecule has 0 saturated heterocycles. The number of hydrogen-bond donors (Lipinski definition) is 4. The summed E-state index contributed by atoms with van der Waals surface area (Å²) in [6.07, 6.45) is 3.40. The molecular formula is C22H14BrF2NO6. The standard InChI is InChI=1S/C22H14BrF2NO6/c23-22(24,25)21(31)26-15-3-1-2-14(20(29)30)19(15)18-12-6-4-10(27)8-16(12)32-17-9-11(28)5-7-13(17)18/h1-9,16,27-28H,(H,26,31)(H,29,30). The molecule has 10 heteroatoms. The fourth-order valence-corrected chi connectivity index (χ4v) is 3.68. The van der Waals surface area contributed by atoms with Crippen LogP contribution in [0.2, 0.25) is 0 Å². The number of carboxylic acid groups (broad SMARTS) is 1. The maximum atomic E-state index is 13.5. The Hall–Kier alpha value is -3.66. The number of amides is 1. The number of rotatable bonds is 4. The zero-order valence-electron chi connectivity index (χ0n) is 16.0. The molecule has 7 nitrogen and oxygen atoms in total. The lowest BCUT2D eigenvalue weighted by molar-refractivity contribution is -0.128. The molecule has 0 saturated carbocycles. The second-order valence-corrected chi connectivity index (χ2v) is 7.96. The first-order valence-electron chi connectivity index (χ1n) is 9.14. The van der Waals surface area contributed by atoms with Crippen LogP contribution in [-0.2, 0) is 4.79 Å². The van der Waals surface area contributed by atoms with Crippen LogP contribution >= 0.6 is 15.9 Å². The minimum atomic E-state index is -3.89. The van der Waals surface area contributed by atoms with Crippen molar-refractivity contribution in [3.05, 3.63) is 82.6 Å². The number of phenolic OH excluding ortho intramolecular Hbond substituents is 1. The Balaban J connectivity index is 2.03. The van der Waals surface area contributed by atoms with Crippen LogP contribution in [0.5, 0.6) is 11.5 Å². The highest BCUT2D eigenvalue weighted by molar-refractivity contribution is 9.10. The highest BCUT2D eigenvalue weighted by Crippen LogP contribution is 2.46. The molecule has 2 aromatic rings. The fourth-order valence-electron chi connectivity index (χ4n) is 3.58. The molecule has 1 heterocycles. The molecule has 0 bridgehead atoms. The van der Waals surface area contributed by atoms with E-state index in [0.29, 0.717) is 11.1 Å². The number of alkyl halides is 3. The van der Waals surface area contributed by atoms with Gasteiger partial charge in [0.1, 0.15) is 23.4 Å². The van der Waals surface area contributed by atoms with Gasteiger partial charge in [-0.1, -0.05) is 12.1 Å². The summed E-state index contributed by atoms with van der Waals surface area (Å²) < 4.78 is 32.9. The van der Waals surface area contributed by atoms with Gasteiger partial charge in [-0.2, -0.15) is 8.78 Å². The van der Waals surface area contributed by atoms with E-state index in [9.17, 15) is 33.7 Å². The van der Waals surface area contributed by atoms with Gasteiger partial charge in [-0.25, -0.2) is 4.79 Å².